The summed E-state index contributed by atoms with van der Waals surface area (Å²) in [5, 5.41) is 2.90. The number of amides is 1. The summed E-state index contributed by atoms with van der Waals surface area (Å²) >= 11 is 0. The molecule has 2 heterocycles. The van der Waals surface area contributed by atoms with Crippen molar-refractivity contribution in [3.05, 3.63) is 83.3 Å². The van der Waals surface area contributed by atoms with Gasteiger partial charge in [-0.3, -0.25) is 9.78 Å². The van der Waals surface area contributed by atoms with Gasteiger partial charge in [0.1, 0.15) is 0 Å². The van der Waals surface area contributed by atoms with Crippen LogP contribution in [0.2, 0.25) is 0 Å². The molecule has 3 aromatic rings. The average molecular weight is 465 g/mol. The molecule has 1 fully saturated rings. The van der Waals surface area contributed by atoms with Crippen molar-refractivity contribution in [1.82, 2.24) is 15.3 Å². The van der Waals surface area contributed by atoms with Crippen LogP contribution >= 0.6 is 0 Å². The Balaban J connectivity index is 1.29. The number of alkyl halides is 3. The van der Waals surface area contributed by atoms with Gasteiger partial charge < -0.3 is 10.1 Å². The van der Waals surface area contributed by atoms with Crippen molar-refractivity contribution >= 4 is 11.6 Å². The molecule has 8 heteroatoms. The number of nitrogens with one attached hydrogen (secondary N) is 1. The Morgan fingerprint density at radius 3 is 2.53 bits per heavy atom. The molecule has 0 aliphatic heterocycles. The van der Waals surface area contributed by atoms with Gasteiger partial charge in [0.2, 0.25) is 11.8 Å². The molecule has 1 saturated carbocycles. The minimum Gasteiger partial charge on any atom is -0.477 e. The lowest BCUT2D eigenvalue weighted by molar-refractivity contribution is -0.137. The Kier molecular flexibility index (Phi) is 5.81. The van der Waals surface area contributed by atoms with E-state index in [0.29, 0.717) is 36.1 Å². The number of rotatable bonds is 7. The van der Waals surface area contributed by atoms with Crippen molar-refractivity contribution in [3.63, 3.8) is 0 Å². The number of allylic oxidation sites excluding steroid dienone is 1. The fourth-order valence-electron chi connectivity index (χ4n) is 3.92. The first-order valence-corrected chi connectivity index (χ1v) is 11.1. The second-order valence-corrected chi connectivity index (χ2v) is 8.56. The Morgan fingerprint density at radius 2 is 1.85 bits per heavy atom. The van der Waals surface area contributed by atoms with Crippen LogP contribution in [0.1, 0.15) is 35.2 Å². The Labute approximate surface area is 194 Å². The van der Waals surface area contributed by atoms with E-state index >= 15 is 0 Å². The summed E-state index contributed by atoms with van der Waals surface area (Å²) in [4.78, 5) is 21.5. The third kappa shape index (κ3) is 4.95. The largest absolute Gasteiger partial charge is 0.477 e. The van der Waals surface area contributed by atoms with E-state index in [-0.39, 0.29) is 12.3 Å². The van der Waals surface area contributed by atoms with E-state index in [1.165, 1.54) is 25.0 Å². The molecule has 5 nitrogen and oxygen atoms in total. The fraction of sp³-hybridized carbons (Fsp3) is 0.269. The number of nitrogens with zero attached hydrogens (tertiary/aromatic N) is 2. The Morgan fingerprint density at radius 1 is 1.06 bits per heavy atom. The summed E-state index contributed by atoms with van der Waals surface area (Å²) < 4.78 is 44.0. The lowest BCUT2D eigenvalue weighted by Crippen LogP contribution is -2.23. The van der Waals surface area contributed by atoms with E-state index in [9.17, 15) is 18.0 Å². The molecule has 2 aliphatic carbocycles. The molecule has 1 aromatic carbocycles. The fourth-order valence-corrected chi connectivity index (χ4v) is 3.92. The molecule has 0 unspecified atom stereocenters. The monoisotopic (exact) mass is 465 g/mol. The highest BCUT2D eigenvalue weighted by Gasteiger charge is 2.30. The van der Waals surface area contributed by atoms with Crippen molar-refractivity contribution in [1.29, 1.82) is 0 Å². The number of carbonyl (C=O) groups is 1. The van der Waals surface area contributed by atoms with Crippen LogP contribution < -0.4 is 10.1 Å². The molecule has 174 valence electrons. The van der Waals surface area contributed by atoms with E-state index in [2.05, 4.69) is 15.3 Å². The first kappa shape index (κ1) is 22.1. The topological polar surface area (TPSA) is 64.1 Å². The van der Waals surface area contributed by atoms with Gasteiger partial charge in [0.05, 0.1) is 24.3 Å². The maximum Gasteiger partial charge on any atom is 0.416 e. The molecule has 5 rings (SSSR count). The summed E-state index contributed by atoms with van der Waals surface area (Å²) in [5.41, 5.74) is 3.85. The van der Waals surface area contributed by atoms with Crippen molar-refractivity contribution < 1.29 is 22.7 Å². The van der Waals surface area contributed by atoms with Crippen molar-refractivity contribution in [2.75, 3.05) is 6.61 Å². The molecule has 0 radical (unpaired) electrons. The third-order valence-corrected chi connectivity index (χ3v) is 5.93. The predicted molar refractivity (Wildman–Crippen MR) is 121 cm³/mol. The van der Waals surface area contributed by atoms with Gasteiger partial charge in [0.15, 0.2) is 0 Å². The first-order valence-electron chi connectivity index (χ1n) is 11.1. The molecule has 0 saturated heterocycles. The quantitative estimate of drug-likeness (QED) is 0.521. The number of carbonyl (C=O) groups excluding carboxylic acids is 1. The standard InChI is InChI=1S/C26H22F3N3O2/c27-26(28,29)19-6-3-16(4-7-19)13-23(33)32-22-9-8-21-25(22)20(11-12-30-21)18-5-10-24(31-14-18)34-15-17-1-2-17/h3-7,9-12,14,17H,1-2,8,13,15H2,(H,32,33). The van der Waals surface area contributed by atoms with Crippen molar-refractivity contribution in [3.8, 4) is 17.0 Å². The van der Waals surface area contributed by atoms with Crippen LogP contribution in [0.3, 0.4) is 0 Å². The van der Waals surface area contributed by atoms with Crippen molar-refractivity contribution in [2.24, 2.45) is 5.92 Å². The van der Waals surface area contributed by atoms with Gasteiger partial charge in [0.25, 0.3) is 0 Å². The SMILES string of the molecule is O=C(Cc1ccc(C(F)(F)F)cc1)NC1=CCc2nccc(-c3ccc(OCC4CC4)nc3)c21. The van der Waals surface area contributed by atoms with Crippen LogP contribution in [-0.2, 0) is 23.8 Å². The van der Waals surface area contributed by atoms with E-state index in [1.54, 1.807) is 12.4 Å². The highest BCUT2D eigenvalue weighted by molar-refractivity contribution is 5.93. The zero-order valence-corrected chi connectivity index (χ0v) is 18.2. The normalized spacial score (nSPS) is 15.0. The molecule has 2 aliphatic rings. The molecule has 1 N–H and O–H groups in total. The number of ether oxygens (including phenoxy) is 1. The number of hydrogen-bond donors (Lipinski definition) is 1. The summed E-state index contributed by atoms with van der Waals surface area (Å²) in [5.74, 6) is 0.918. The van der Waals surface area contributed by atoms with Gasteiger partial charge in [0, 0.05) is 41.7 Å². The van der Waals surface area contributed by atoms with E-state index in [4.69, 9.17) is 4.74 Å². The summed E-state index contributed by atoms with van der Waals surface area (Å²) in [7, 11) is 0. The van der Waals surface area contributed by atoms with Crippen LogP contribution in [0, 0.1) is 5.92 Å². The first-order chi connectivity index (χ1) is 16.4. The van der Waals surface area contributed by atoms with Gasteiger partial charge in [-0.2, -0.15) is 13.2 Å². The molecular formula is C26H22F3N3O2. The van der Waals surface area contributed by atoms with Gasteiger partial charge in [-0.25, -0.2) is 4.98 Å². The molecule has 2 aromatic heterocycles. The Bertz CT molecular complexity index is 1230. The smallest absolute Gasteiger partial charge is 0.416 e. The summed E-state index contributed by atoms with van der Waals surface area (Å²) in [6.45, 7) is 0.689. The van der Waals surface area contributed by atoms with Crippen LogP contribution in [0.5, 0.6) is 5.88 Å². The molecule has 34 heavy (non-hydrogen) atoms. The number of halogens is 3. The summed E-state index contributed by atoms with van der Waals surface area (Å²) in [6.07, 6.45) is 3.93. The molecule has 0 spiro atoms. The van der Waals surface area contributed by atoms with Crippen LogP contribution in [0.4, 0.5) is 13.2 Å². The lowest BCUT2D eigenvalue weighted by Gasteiger charge is -2.14. The Hall–Kier alpha value is -3.68. The van der Waals surface area contributed by atoms with Crippen LogP contribution in [-0.4, -0.2) is 22.5 Å². The highest BCUT2D eigenvalue weighted by Crippen LogP contribution is 2.35. The zero-order chi connectivity index (χ0) is 23.7. The zero-order valence-electron chi connectivity index (χ0n) is 18.2. The van der Waals surface area contributed by atoms with Gasteiger partial charge in [-0.05, 0) is 54.2 Å². The number of fused-ring (bicyclic) bond motifs is 1. The van der Waals surface area contributed by atoms with E-state index in [1.807, 2.05) is 24.3 Å². The maximum atomic E-state index is 12.8. The molecule has 0 atom stereocenters. The second-order valence-electron chi connectivity index (χ2n) is 8.56. The number of aromatic nitrogens is 2. The molecular weight excluding hydrogens is 443 g/mol. The lowest BCUT2D eigenvalue weighted by atomic mass is 10.0. The van der Waals surface area contributed by atoms with Crippen molar-refractivity contribution in [2.45, 2.75) is 31.9 Å². The van der Waals surface area contributed by atoms with Crippen LogP contribution in [0.25, 0.3) is 16.8 Å². The summed E-state index contributed by atoms with van der Waals surface area (Å²) in [6, 6.07) is 10.3. The average Bonchev–Trinajstić information content (AvgIpc) is 3.57. The van der Waals surface area contributed by atoms with Gasteiger partial charge >= 0.3 is 6.18 Å². The maximum absolute atomic E-state index is 12.8. The van der Waals surface area contributed by atoms with E-state index < -0.39 is 11.7 Å². The third-order valence-electron chi connectivity index (χ3n) is 5.93. The number of hydrogen-bond acceptors (Lipinski definition) is 4. The minimum atomic E-state index is -4.40. The van der Waals surface area contributed by atoms with E-state index in [0.717, 1.165) is 34.5 Å². The predicted octanol–water partition coefficient (Wildman–Crippen LogP) is 5.21. The van der Waals surface area contributed by atoms with Crippen LogP contribution in [0.15, 0.2) is 60.9 Å². The number of pyridine rings is 2. The molecule has 1 amide bonds. The molecule has 0 bridgehead atoms. The van der Waals surface area contributed by atoms with Gasteiger partial charge in [-0.1, -0.05) is 18.2 Å². The highest BCUT2D eigenvalue weighted by atomic mass is 19.4. The second kappa shape index (κ2) is 8.93. The van der Waals surface area contributed by atoms with Gasteiger partial charge in [-0.15, -0.1) is 0 Å². The number of benzene rings is 1. The minimum absolute atomic E-state index is 0.0327.